The summed E-state index contributed by atoms with van der Waals surface area (Å²) in [5.74, 6) is 0.866. The first-order chi connectivity index (χ1) is 7.72. The number of hydrogen-bond acceptors (Lipinski definition) is 5. The molecule has 0 unspecified atom stereocenters. The molecule has 0 saturated heterocycles. The van der Waals surface area contributed by atoms with Crippen molar-refractivity contribution in [3.05, 3.63) is 21.4 Å². The van der Waals surface area contributed by atoms with Crippen molar-refractivity contribution < 1.29 is 0 Å². The predicted octanol–water partition coefficient (Wildman–Crippen LogP) is 3.12. The topological polar surface area (TPSA) is 43.6 Å². The van der Waals surface area contributed by atoms with Gasteiger partial charge < -0.3 is 0 Å². The summed E-state index contributed by atoms with van der Waals surface area (Å²) in [6.45, 7) is 4.99. The molecule has 0 bridgehead atoms. The van der Waals surface area contributed by atoms with Crippen LogP contribution in [0, 0.1) is 6.92 Å². The molecule has 0 amide bonds. The molecule has 4 nitrogen and oxygen atoms in total. The summed E-state index contributed by atoms with van der Waals surface area (Å²) in [4.78, 5) is 0. The first kappa shape index (κ1) is 12.1. The SMILES string of the molecule is CCn1nc(C)c(Br)c1CSc1nncs1. The molecule has 2 rings (SSSR count). The van der Waals surface area contributed by atoms with E-state index in [9.17, 15) is 0 Å². The summed E-state index contributed by atoms with van der Waals surface area (Å²) in [6.07, 6.45) is 0. The van der Waals surface area contributed by atoms with Crippen molar-refractivity contribution in [3.63, 3.8) is 0 Å². The third kappa shape index (κ3) is 2.46. The number of aryl methyl sites for hydroxylation is 2. The normalized spacial score (nSPS) is 10.9. The Balaban J connectivity index is 2.14. The van der Waals surface area contributed by atoms with Crippen LogP contribution in [0.3, 0.4) is 0 Å². The molecule has 0 spiro atoms. The number of hydrogen-bond donors (Lipinski definition) is 0. The van der Waals surface area contributed by atoms with Crippen LogP contribution in [0.2, 0.25) is 0 Å². The van der Waals surface area contributed by atoms with E-state index in [1.54, 1.807) is 28.6 Å². The maximum absolute atomic E-state index is 4.45. The lowest BCUT2D eigenvalue weighted by Crippen LogP contribution is -2.01. The molecular weight excluding hydrogens is 308 g/mol. The van der Waals surface area contributed by atoms with Crippen LogP contribution in [-0.4, -0.2) is 20.0 Å². The van der Waals surface area contributed by atoms with Gasteiger partial charge in [-0.3, -0.25) is 4.68 Å². The molecule has 0 aliphatic rings. The zero-order chi connectivity index (χ0) is 11.5. The summed E-state index contributed by atoms with van der Waals surface area (Å²) in [5, 5.41) is 12.3. The second-order valence-corrected chi connectivity index (χ2v) is 6.00. The molecule has 0 fully saturated rings. The maximum Gasteiger partial charge on any atom is 0.174 e. The Labute approximate surface area is 111 Å². The Morgan fingerprint density at radius 2 is 2.38 bits per heavy atom. The number of aromatic nitrogens is 4. The van der Waals surface area contributed by atoms with E-state index in [-0.39, 0.29) is 0 Å². The summed E-state index contributed by atoms with van der Waals surface area (Å²) in [5.41, 5.74) is 4.00. The molecule has 0 N–H and O–H groups in total. The number of thioether (sulfide) groups is 1. The number of nitrogens with zero attached hydrogens (tertiary/aromatic N) is 4. The molecule has 0 aliphatic heterocycles. The molecule has 16 heavy (non-hydrogen) atoms. The van der Waals surface area contributed by atoms with Gasteiger partial charge in [0.25, 0.3) is 0 Å². The Kier molecular flexibility index (Phi) is 3.99. The average Bonchev–Trinajstić information content (AvgIpc) is 2.87. The maximum atomic E-state index is 4.45. The fourth-order valence-electron chi connectivity index (χ4n) is 1.36. The van der Waals surface area contributed by atoms with E-state index in [4.69, 9.17) is 0 Å². The van der Waals surface area contributed by atoms with E-state index in [1.807, 2.05) is 11.6 Å². The fraction of sp³-hybridized carbons (Fsp3) is 0.444. The predicted molar refractivity (Wildman–Crippen MR) is 69.8 cm³/mol. The highest BCUT2D eigenvalue weighted by Gasteiger charge is 2.12. The van der Waals surface area contributed by atoms with Crippen molar-refractivity contribution in [2.45, 2.75) is 30.5 Å². The van der Waals surface area contributed by atoms with Crippen molar-refractivity contribution in [2.24, 2.45) is 0 Å². The molecule has 0 atom stereocenters. The molecular formula is C9H11BrN4S2. The van der Waals surface area contributed by atoms with Crippen LogP contribution in [0.25, 0.3) is 0 Å². The molecule has 0 radical (unpaired) electrons. The van der Waals surface area contributed by atoms with Gasteiger partial charge in [-0.05, 0) is 29.8 Å². The van der Waals surface area contributed by atoms with Crippen molar-refractivity contribution in [1.82, 2.24) is 20.0 Å². The van der Waals surface area contributed by atoms with Crippen molar-refractivity contribution in [2.75, 3.05) is 0 Å². The lowest BCUT2D eigenvalue weighted by atomic mass is 10.4. The summed E-state index contributed by atoms with van der Waals surface area (Å²) >= 11 is 6.83. The molecule has 0 aromatic carbocycles. The number of halogens is 1. The minimum absolute atomic E-state index is 0.866. The van der Waals surface area contributed by atoms with Gasteiger partial charge in [-0.2, -0.15) is 5.10 Å². The largest absolute Gasteiger partial charge is 0.268 e. The zero-order valence-corrected chi connectivity index (χ0v) is 12.2. The van der Waals surface area contributed by atoms with Crippen LogP contribution in [0.1, 0.15) is 18.3 Å². The second-order valence-electron chi connectivity index (χ2n) is 3.16. The van der Waals surface area contributed by atoms with E-state index in [0.717, 1.165) is 26.8 Å². The Hall–Kier alpha value is -0.400. The Bertz CT molecular complexity index is 466. The average molecular weight is 319 g/mol. The Morgan fingerprint density at radius 3 is 3.00 bits per heavy atom. The van der Waals surface area contributed by atoms with Gasteiger partial charge in [0.05, 0.1) is 15.9 Å². The lowest BCUT2D eigenvalue weighted by Gasteiger charge is -2.03. The molecule has 0 saturated carbocycles. The molecule has 86 valence electrons. The van der Waals surface area contributed by atoms with E-state index in [1.165, 1.54) is 5.69 Å². The minimum atomic E-state index is 0.866. The molecule has 0 aliphatic carbocycles. The number of rotatable bonds is 4. The second kappa shape index (κ2) is 5.29. The van der Waals surface area contributed by atoms with Crippen LogP contribution in [0.4, 0.5) is 0 Å². The smallest absolute Gasteiger partial charge is 0.174 e. The third-order valence-electron chi connectivity index (χ3n) is 2.13. The van der Waals surface area contributed by atoms with Crippen molar-refractivity contribution in [3.8, 4) is 0 Å². The van der Waals surface area contributed by atoms with Gasteiger partial charge in [-0.15, -0.1) is 10.2 Å². The van der Waals surface area contributed by atoms with Crippen molar-refractivity contribution >= 4 is 39.0 Å². The van der Waals surface area contributed by atoms with Gasteiger partial charge >= 0.3 is 0 Å². The fourth-order valence-corrected chi connectivity index (χ4v) is 3.49. The van der Waals surface area contributed by atoms with Gasteiger partial charge in [-0.1, -0.05) is 23.1 Å². The third-order valence-corrected chi connectivity index (χ3v) is 5.03. The standard InChI is InChI=1S/C9H11BrN4S2/c1-3-14-7(8(10)6(2)13-14)4-15-9-12-11-5-16-9/h5H,3-4H2,1-2H3. The van der Waals surface area contributed by atoms with Crippen molar-refractivity contribution in [1.29, 1.82) is 0 Å². The van der Waals surface area contributed by atoms with Gasteiger partial charge in [0.2, 0.25) is 0 Å². The first-order valence-electron chi connectivity index (χ1n) is 4.83. The first-order valence-corrected chi connectivity index (χ1v) is 7.49. The summed E-state index contributed by atoms with van der Waals surface area (Å²) in [6, 6.07) is 0. The summed E-state index contributed by atoms with van der Waals surface area (Å²) in [7, 11) is 0. The monoisotopic (exact) mass is 318 g/mol. The minimum Gasteiger partial charge on any atom is -0.268 e. The molecule has 2 aromatic rings. The van der Waals surface area contributed by atoms with E-state index < -0.39 is 0 Å². The highest BCUT2D eigenvalue weighted by atomic mass is 79.9. The van der Waals surface area contributed by atoms with Crippen LogP contribution < -0.4 is 0 Å². The van der Waals surface area contributed by atoms with Crippen LogP contribution in [-0.2, 0) is 12.3 Å². The van der Waals surface area contributed by atoms with Crippen LogP contribution >= 0.6 is 39.0 Å². The molecule has 2 heterocycles. The van der Waals surface area contributed by atoms with Gasteiger partial charge in [0.15, 0.2) is 4.34 Å². The quantitative estimate of drug-likeness (QED) is 0.812. The van der Waals surface area contributed by atoms with E-state index >= 15 is 0 Å². The van der Waals surface area contributed by atoms with Gasteiger partial charge in [-0.25, -0.2) is 0 Å². The van der Waals surface area contributed by atoms with E-state index in [0.29, 0.717) is 0 Å². The summed E-state index contributed by atoms with van der Waals surface area (Å²) < 4.78 is 4.12. The zero-order valence-electron chi connectivity index (χ0n) is 8.97. The Morgan fingerprint density at radius 1 is 1.56 bits per heavy atom. The van der Waals surface area contributed by atoms with Gasteiger partial charge in [0.1, 0.15) is 5.51 Å². The van der Waals surface area contributed by atoms with Gasteiger partial charge in [0, 0.05) is 12.3 Å². The highest BCUT2D eigenvalue weighted by molar-refractivity contribution is 9.10. The van der Waals surface area contributed by atoms with E-state index in [2.05, 4.69) is 38.1 Å². The van der Waals surface area contributed by atoms with Crippen LogP contribution in [0.15, 0.2) is 14.3 Å². The highest BCUT2D eigenvalue weighted by Crippen LogP contribution is 2.29. The molecule has 2 aromatic heterocycles. The van der Waals surface area contributed by atoms with Crippen LogP contribution in [0.5, 0.6) is 0 Å². The molecule has 7 heteroatoms. The lowest BCUT2D eigenvalue weighted by molar-refractivity contribution is 0.631.